The zero-order valence-corrected chi connectivity index (χ0v) is 38.6. The Balaban J connectivity index is 1.22. The van der Waals surface area contributed by atoms with Gasteiger partial charge in [0, 0.05) is 27.3 Å². The molecule has 6 rings (SSSR count). The summed E-state index contributed by atoms with van der Waals surface area (Å²) in [6, 6.07) is 5.85. The molecule has 0 spiro atoms. The maximum absolute atomic E-state index is 14.0. The third kappa shape index (κ3) is 13.6. The van der Waals surface area contributed by atoms with E-state index < -0.39 is 102 Å². The Labute approximate surface area is 385 Å². The van der Waals surface area contributed by atoms with Gasteiger partial charge in [-0.15, -0.1) is 0 Å². The van der Waals surface area contributed by atoms with Gasteiger partial charge in [0.1, 0.15) is 60.8 Å². The van der Waals surface area contributed by atoms with Gasteiger partial charge in [-0.3, -0.25) is 22.7 Å². The molecule has 0 radical (unpaired) electrons. The Morgan fingerprint density at radius 3 is 2.30 bits per heavy atom. The Bertz CT molecular complexity index is 2610. The van der Waals surface area contributed by atoms with Crippen LogP contribution >= 0.6 is 37.2 Å². The molecule has 0 aliphatic carbocycles. The van der Waals surface area contributed by atoms with Crippen molar-refractivity contribution in [3.05, 3.63) is 75.7 Å². The second kappa shape index (κ2) is 21.6. The van der Waals surface area contributed by atoms with Crippen molar-refractivity contribution in [3.8, 4) is 0 Å². The van der Waals surface area contributed by atoms with Gasteiger partial charge >= 0.3 is 33.4 Å². The van der Waals surface area contributed by atoms with Crippen LogP contribution in [0.3, 0.4) is 0 Å². The predicted octanol–water partition coefficient (Wildman–Crippen LogP) is 1.70. The molecule has 0 bridgehead atoms. The van der Waals surface area contributed by atoms with E-state index >= 15 is 0 Å². The summed E-state index contributed by atoms with van der Waals surface area (Å²) in [5.74, 6) is -1.43. The first-order chi connectivity index (χ1) is 31.5. The highest BCUT2D eigenvalue weighted by atomic mass is 33.1. The van der Waals surface area contributed by atoms with Crippen molar-refractivity contribution in [1.29, 1.82) is 0 Å². The number of hydrogen-bond acceptors (Lipinski definition) is 23. The topological polar surface area (TPSA) is 425 Å². The van der Waals surface area contributed by atoms with Crippen molar-refractivity contribution in [2.45, 2.75) is 87.2 Å². The molecule has 4 aromatic rings. The van der Waals surface area contributed by atoms with Gasteiger partial charge in [-0.05, 0) is 17.2 Å². The molecule has 364 valence electrons. The fraction of sp³-hybridized carbons (Fsp3) is 0.500. The van der Waals surface area contributed by atoms with Gasteiger partial charge in [-0.1, -0.05) is 71.7 Å². The Hall–Kier alpha value is -4.94. The zero-order valence-electron chi connectivity index (χ0n) is 35.2. The van der Waals surface area contributed by atoms with E-state index in [1.807, 2.05) is 20.8 Å². The minimum absolute atomic E-state index is 0.0311. The number of aliphatic hydroxyl groups excluding tert-OH is 2. The van der Waals surface area contributed by atoms with Crippen LogP contribution in [-0.2, 0) is 53.1 Å². The Morgan fingerprint density at radius 2 is 1.64 bits per heavy atom. The van der Waals surface area contributed by atoms with Gasteiger partial charge in [0.15, 0.2) is 30.0 Å². The summed E-state index contributed by atoms with van der Waals surface area (Å²) in [4.78, 5) is 87.8. The molecule has 5 heterocycles. The standard InChI is InChI=1S/C34H44N12O17P2S2/c1-34(2,3)67-66-13-18(41-33(51)57-10-16-4-6-17(7-5-16)43-44-37)31(49)62-25-19(60-30(23(25)47)46-15-40-22-27(36)38-14-39-28(22)46)12-59-65(55,56)63-26-20(11-58-64(52,53)54)61-29(24(26)48)45-9-8-21(35)42-32(45)50/h4-9,14-15,18-20,23-26,29-30,47-48H,10-13H2,1-3H3,(H,41,51)(H,55,56)(H2,35,42,50)(H2,36,38,39)(H2,52,53,54)/t18-,19?,20+,23?,24+,25?,26+,29+,30?/m0/s1. The number of azide groups is 1. The summed E-state index contributed by atoms with van der Waals surface area (Å²) in [6.07, 6.45) is -11.8. The molecule has 0 saturated carbocycles. The fourth-order valence-corrected chi connectivity index (χ4v) is 10.1. The quantitative estimate of drug-likeness (QED) is 0.0165. The van der Waals surface area contributed by atoms with Crippen molar-refractivity contribution in [1.82, 2.24) is 34.4 Å². The number of rotatable bonds is 19. The summed E-state index contributed by atoms with van der Waals surface area (Å²) < 4.78 is 64.7. The van der Waals surface area contributed by atoms with E-state index in [9.17, 15) is 48.4 Å². The van der Waals surface area contributed by atoms with Crippen molar-refractivity contribution in [2.24, 2.45) is 5.11 Å². The lowest BCUT2D eigenvalue weighted by atomic mass is 10.1. The second-order valence-corrected chi connectivity index (χ2v) is 21.2. The number of nitrogens with zero attached hydrogens (tertiary/aromatic N) is 9. The number of esters is 1. The summed E-state index contributed by atoms with van der Waals surface area (Å²) >= 11 is 0. The summed E-state index contributed by atoms with van der Waals surface area (Å²) in [5.41, 5.74) is 20.1. The number of carbonyl (C=O) groups is 2. The second-order valence-electron chi connectivity index (χ2n) is 15.4. The van der Waals surface area contributed by atoms with Gasteiger partial charge in [0.25, 0.3) is 0 Å². The number of phosphoric ester groups is 2. The molecule has 2 saturated heterocycles. The summed E-state index contributed by atoms with van der Waals surface area (Å²) in [7, 11) is -8.07. The van der Waals surface area contributed by atoms with E-state index in [2.05, 4.69) is 39.8 Å². The number of imidazole rings is 1. The number of nitrogen functional groups attached to an aromatic ring is 2. The molecule has 29 nitrogen and oxygen atoms in total. The van der Waals surface area contributed by atoms with Gasteiger partial charge in [0.05, 0.1) is 19.5 Å². The van der Waals surface area contributed by atoms with E-state index in [0.717, 1.165) is 17.1 Å². The molecule has 3 aromatic heterocycles. The number of hydrogen-bond donors (Lipinski definition) is 8. The number of phosphoric acid groups is 2. The number of benzene rings is 1. The molecule has 33 heteroatoms. The molecular formula is C34H44N12O17P2S2. The van der Waals surface area contributed by atoms with E-state index in [1.54, 1.807) is 12.1 Å². The molecule has 1 amide bonds. The van der Waals surface area contributed by atoms with E-state index in [-0.39, 0.29) is 39.9 Å². The SMILES string of the molecule is CC(C)(C)SSC[C@H](NC(=O)OCc1ccc(N=[N+]=[N-])cc1)C(=O)OC1C(COP(=O)(O)O[C@H]2[C@@H](O)[C@H](n3ccc(N)nc3=O)O[C@@H]2COP(=O)(O)O)OC(n2cnc3c(N)ncnc32)C1O. The molecular weight excluding hydrogens is 975 g/mol. The van der Waals surface area contributed by atoms with Crippen molar-refractivity contribution in [3.63, 3.8) is 0 Å². The van der Waals surface area contributed by atoms with Gasteiger partial charge in [-0.25, -0.2) is 38.5 Å². The van der Waals surface area contributed by atoms with Gasteiger partial charge in [-0.2, -0.15) is 4.98 Å². The average Bonchev–Trinajstić information content (AvgIpc) is 3.91. The number of ether oxygens (including phenoxy) is 4. The van der Waals surface area contributed by atoms with Crippen LogP contribution in [0.25, 0.3) is 21.6 Å². The number of anilines is 2. The van der Waals surface area contributed by atoms with Crippen LogP contribution in [0.2, 0.25) is 0 Å². The highest BCUT2D eigenvalue weighted by molar-refractivity contribution is 8.77. The van der Waals surface area contributed by atoms with Crippen molar-refractivity contribution >= 4 is 77.8 Å². The third-order valence-electron chi connectivity index (χ3n) is 9.31. The lowest BCUT2D eigenvalue weighted by Crippen LogP contribution is -2.48. The normalized spacial score (nSPS) is 24.4. The highest BCUT2D eigenvalue weighted by Crippen LogP contribution is 2.50. The minimum Gasteiger partial charge on any atom is -0.455 e. The maximum Gasteiger partial charge on any atom is 0.472 e. The van der Waals surface area contributed by atoms with E-state index in [1.165, 1.54) is 50.7 Å². The molecule has 10 atom stereocenters. The molecule has 10 N–H and O–H groups in total. The van der Waals surface area contributed by atoms with E-state index in [0.29, 0.717) is 11.3 Å². The predicted molar refractivity (Wildman–Crippen MR) is 233 cm³/mol. The van der Waals surface area contributed by atoms with Crippen LogP contribution in [0.15, 0.2) is 59.1 Å². The number of amides is 1. The smallest absolute Gasteiger partial charge is 0.455 e. The number of nitrogens with one attached hydrogen (secondary N) is 1. The van der Waals surface area contributed by atoms with Gasteiger partial charge < -0.3 is 60.6 Å². The Kier molecular flexibility index (Phi) is 16.6. The summed E-state index contributed by atoms with van der Waals surface area (Å²) in [5, 5.41) is 28.9. The van der Waals surface area contributed by atoms with Crippen LogP contribution in [-0.4, -0.2) is 132 Å². The van der Waals surface area contributed by atoms with Crippen LogP contribution < -0.4 is 22.5 Å². The molecule has 2 aliphatic rings. The van der Waals surface area contributed by atoms with Gasteiger partial charge in [0.2, 0.25) is 0 Å². The lowest BCUT2D eigenvalue weighted by Gasteiger charge is -2.26. The number of alkyl carbamates (subject to hydrolysis) is 1. The highest BCUT2D eigenvalue weighted by Gasteiger charge is 2.52. The first-order valence-electron chi connectivity index (χ1n) is 19.4. The first kappa shape index (κ1) is 51.5. The Morgan fingerprint density at radius 1 is 0.985 bits per heavy atom. The minimum atomic E-state index is -5.46. The van der Waals surface area contributed by atoms with Crippen LogP contribution in [0.5, 0.6) is 0 Å². The zero-order chi connectivity index (χ0) is 48.8. The number of carbonyl (C=O) groups excluding carboxylic acids is 2. The molecule has 2 aliphatic heterocycles. The van der Waals surface area contributed by atoms with E-state index in [4.69, 9.17) is 45.0 Å². The van der Waals surface area contributed by atoms with Crippen LogP contribution in [0.4, 0.5) is 22.1 Å². The van der Waals surface area contributed by atoms with Crippen molar-refractivity contribution < 1.29 is 76.1 Å². The number of aliphatic hydroxyl groups is 2. The first-order valence-corrected chi connectivity index (χ1v) is 24.8. The number of fused-ring (bicyclic) bond motifs is 1. The largest absolute Gasteiger partial charge is 0.472 e. The number of nitrogens with two attached hydrogens (primary N) is 2. The van der Waals surface area contributed by atoms with Crippen molar-refractivity contribution in [2.75, 3.05) is 30.4 Å². The monoisotopic (exact) mass is 1020 g/mol. The summed E-state index contributed by atoms with van der Waals surface area (Å²) in [6.45, 7) is 3.46. The lowest BCUT2D eigenvalue weighted by molar-refractivity contribution is -0.158. The molecule has 1 aromatic carbocycles. The fourth-order valence-electron chi connectivity index (χ4n) is 6.35. The van der Waals surface area contributed by atoms with Crippen LogP contribution in [0.1, 0.15) is 38.8 Å². The molecule has 5 unspecified atom stereocenters. The van der Waals surface area contributed by atoms with Crippen LogP contribution in [0, 0.1) is 0 Å². The maximum atomic E-state index is 14.0. The third-order valence-corrected chi connectivity index (χ3v) is 14.1. The number of aromatic nitrogens is 6. The average molecular weight is 1020 g/mol. The molecule has 67 heavy (non-hydrogen) atoms. The molecule has 2 fully saturated rings.